The van der Waals surface area contributed by atoms with Crippen molar-refractivity contribution in [1.29, 1.82) is 0 Å². The molecule has 1 unspecified atom stereocenters. The summed E-state index contributed by atoms with van der Waals surface area (Å²) in [6, 6.07) is 0.913. The third-order valence-electron chi connectivity index (χ3n) is 3.84. The molecule has 0 bridgehead atoms. The Hall–Kier alpha value is -0.610. The molecule has 1 aliphatic rings. The van der Waals surface area contributed by atoms with Crippen LogP contribution in [0.1, 0.15) is 59.3 Å². The standard InChI is InChI=1S/C15H31N3O/c1-4-5-6-10-18(12(2)3)11-9-14(15(16)19)17-13-7-8-13/h12-14,17H,4-11H2,1-3H3,(H2,16,19). The number of nitrogens with zero attached hydrogens (tertiary/aromatic N) is 1. The first kappa shape index (κ1) is 16.4. The quantitative estimate of drug-likeness (QED) is 0.563. The maximum Gasteiger partial charge on any atom is 0.234 e. The van der Waals surface area contributed by atoms with E-state index in [1.54, 1.807) is 0 Å². The zero-order valence-electron chi connectivity index (χ0n) is 12.8. The van der Waals surface area contributed by atoms with Crippen LogP contribution >= 0.6 is 0 Å². The van der Waals surface area contributed by atoms with Gasteiger partial charge >= 0.3 is 0 Å². The second-order valence-electron chi connectivity index (χ2n) is 6.02. The normalized spacial score (nSPS) is 17.1. The summed E-state index contributed by atoms with van der Waals surface area (Å²) in [6.07, 6.45) is 6.98. The van der Waals surface area contributed by atoms with Crippen LogP contribution in [-0.2, 0) is 4.79 Å². The molecule has 1 amide bonds. The van der Waals surface area contributed by atoms with E-state index in [2.05, 4.69) is 31.0 Å². The van der Waals surface area contributed by atoms with Crippen LogP contribution in [0.3, 0.4) is 0 Å². The first-order valence-corrected chi connectivity index (χ1v) is 7.84. The second kappa shape index (κ2) is 8.54. The molecule has 1 aliphatic carbocycles. The second-order valence-corrected chi connectivity index (χ2v) is 6.02. The molecule has 4 heteroatoms. The fourth-order valence-electron chi connectivity index (χ4n) is 2.33. The lowest BCUT2D eigenvalue weighted by Gasteiger charge is -2.28. The third kappa shape index (κ3) is 6.92. The molecular formula is C15H31N3O. The van der Waals surface area contributed by atoms with Gasteiger partial charge in [-0.05, 0) is 46.1 Å². The molecule has 0 spiro atoms. The van der Waals surface area contributed by atoms with Crippen LogP contribution in [0.4, 0.5) is 0 Å². The van der Waals surface area contributed by atoms with E-state index in [0.29, 0.717) is 12.1 Å². The van der Waals surface area contributed by atoms with Crippen molar-refractivity contribution in [2.75, 3.05) is 13.1 Å². The van der Waals surface area contributed by atoms with Crippen molar-refractivity contribution in [3.8, 4) is 0 Å². The highest BCUT2D eigenvalue weighted by Gasteiger charge is 2.27. The van der Waals surface area contributed by atoms with Gasteiger partial charge in [0, 0.05) is 18.6 Å². The van der Waals surface area contributed by atoms with Crippen LogP contribution in [0.2, 0.25) is 0 Å². The monoisotopic (exact) mass is 269 g/mol. The molecule has 0 aliphatic heterocycles. The molecule has 1 rings (SSSR count). The zero-order valence-corrected chi connectivity index (χ0v) is 12.8. The van der Waals surface area contributed by atoms with Crippen LogP contribution in [-0.4, -0.2) is 42.0 Å². The largest absolute Gasteiger partial charge is 0.368 e. The van der Waals surface area contributed by atoms with Crippen molar-refractivity contribution >= 4 is 5.91 Å². The molecule has 3 N–H and O–H groups in total. The Morgan fingerprint density at radius 1 is 1.32 bits per heavy atom. The fourth-order valence-corrected chi connectivity index (χ4v) is 2.33. The number of primary amides is 1. The van der Waals surface area contributed by atoms with Crippen LogP contribution in [0.25, 0.3) is 0 Å². The minimum Gasteiger partial charge on any atom is -0.368 e. The maximum atomic E-state index is 11.4. The zero-order chi connectivity index (χ0) is 14.3. The smallest absolute Gasteiger partial charge is 0.234 e. The Morgan fingerprint density at radius 3 is 2.47 bits per heavy atom. The number of nitrogens with two attached hydrogens (primary N) is 1. The lowest BCUT2D eigenvalue weighted by Crippen LogP contribution is -2.45. The summed E-state index contributed by atoms with van der Waals surface area (Å²) < 4.78 is 0. The van der Waals surface area contributed by atoms with Gasteiger partial charge in [-0.15, -0.1) is 0 Å². The number of unbranched alkanes of at least 4 members (excludes halogenated alkanes) is 2. The molecule has 1 fully saturated rings. The highest BCUT2D eigenvalue weighted by Crippen LogP contribution is 2.20. The Morgan fingerprint density at radius 2 is 2.00 bits per heavy atom. The molecule has 0 aromatic heterocycles. The lowest BCUT2D eigenvalue weighted by molar-refractivity contribution is -0.120. The molecule has 0 heterocycles. The van der Waals surface area contributed by atoms with Gasteiger partial charge in [-0.2, -0.15) is 0 Å². The summed E-state index contributed by atoms with van der Waals surface area (Å²) in [6.45, 7) is 8.75. The van der Waals surface area contributed by atoms with Gasteiger partial charge in [0.2, 0.25) is 5.91 Å². The molecule has 0 aromatic carbocycles. The Kier molecular flexibility index (Phi) is 7.39. The number of carbonyl (C=O) groups excluding carboxylic acids is 1. The van der Waals surface area contributed by atoms with Crippen LogP contribution in [0.15, 0.2) is 0 Å². The van der Waals surface area contributed by atoms with Crippen molar-refractivity contribution in [2.45, 2.75) is 77.4 Å². The summed E-state index contributed by atoms with van der Waals surface area (Å²) in [5.41, 5.74) is 5.48. The van der Waals surface area contributed by atoms with Gasteiger partial charge in [-0.1, -0.05) is 19.8 Å². The van der Waals surface area contributed by atoms with Gasteiger partial charge in [0.1, 0.15) is 0 Å². The van der Waals surface area contributed by atoms with Crippen molar-refractivity contribution in [1.82, 2.24) is 10.2 Å². The van der Waals surface area contributed by atoms with Crippen molar-refractivity contribution in [2.24, 2.45) is 5.73 Å². The molecule has 0 radical (unpaired) electrons. The highest BCUT2D eigenvalue weighted by molar-refractivity contribution is 5.79. The number of carbonyl (C=O) groups is 1. The molecule has 19 heavy (non-hydrogen) atoms. The molecular weight excluding hydrogens is 238 g/mol. The number of amides is 1. The number of hydrogen-bond acceptors (Lipinski definition) is 3. The van der Waals surface area contributed by atoms with Crippen LogP contribution < -0.4 is 11.1 Å². The molecule has 112 valence electrons. The number of hydrogen-bond donors (Lipinski definition) is 2. The first-order valence-electron chi connectivity index (χ1n) is 7.84. The summed E-state index contributed by atoms with van der Waals surface area (Å²) >= 11 is 0. The van der Waals surface area contributed by atoms with Crippen LogP contribution in [0.5, 0.6) is 0 Å². The molecule has 4 nitrogen and oxygen atoms in total. The van der Waals surface area contributed by atoms with Gasteiger partial charge in [-0.3, -0.25) is 4.79 Å². The Bertz CT molecular complexity index is 264. The molecule has 0 aromatic rings. The van der Waals surface area contributed by atoms with Gasteiger partial charge in [0.25, 0.3) is 0 Å². The number of rotatable bonds is 11. The Labute approximate surface area is 118 Å². The van der Waals surface area contributed by atoms with Gasteiger partial charge < -0.3 is 16.0 Å². The lowest BCUT2D eigenvalue weighted by atomic mass is 10.1. The van der Waals surface area contributed by atoms with Crippen molar-refractivity contribution in [3.05, 3.63) is 0 Å². The van der Waals surface area contributed by atoms with Crippen molar-refractivity contribution in [3.63, 3.8) is 0 Å². The Balaban J connectivity index is 2.32. The van der Waals surface area contributed by atoms with E-state index in [4.69, 9.17) is 5.73 Å². The van der Waals surface area contributed by atoms with E-state index in [1.807, 2.05) is 0 Å². The molecule has 1 atom stereocenters. The predicted octanol–water partition coefficient (Wildman–Crippen LogP) is 1.88. The SMILES string of the molecule is CCCCCN(CCC(NC1CC1)C(N)=O)C(C)C. The molecule has 1 saturated carbocycles. The van der Waals surface area contributed by atoms with E-state index in [9.17, 15) is 4.79 Å². The van der Waals surface area contributed by atoms with Gasteiger partial charge in [0.05, 0.1) is 6.04 Å². The maximum absolute atomic E-state index is 11.4. The molecule has 0 saturated heterocycles. The highest BCUT2D eigenvalue weighted by atomic mass is 16.1. The van der Waals surface area contributed by atoms with E-state index >= 15 is 0 Å². The van der Waals surface area contributed by atoms with Crippen LogP contribution in [0, 0.1) is 0 Å². The summed E-state index contributed by atoms with van der Waals surface area (Å²) in [5, 5.41) is 3.35. The average molecular weight is 269 g/mol. The average Bonchev–Trinajstić information content (AvgIpc) is 3.15. The van der Waals surface area contributed by atoms with E-state index < -0.39 is 0 Å². The minimum absolute atomic E-state index is 0.153. The van der Waals surface area contributed by atoms with E-state index in [1.165, 1.54) is 32.1 Å². The predicted molar refractivity (Wildman–Crippen MR) is 80.0 cm³/mol. The third-order valence-corrected chi connectivity index (χ3v) is 3.84. The summed E-state index contributed by atoms with van der Waals surface area (Å²) in [5.74, 6) is -0.204. The first-order chi connectivity index (χ1) is 9.04. The van der Waals surface area contributed by atoms with E-state index in [0.717, 1.165) is 19.5 Å². The van der Waals surface area contributed by atoms with Gasteiger partial charge in [0.15, 0.2) is 0 Å². The van der Waals surface area contributed by atoms with E-state index in [-0.39, 0.29) is 11.9 Å². The number of nitrogens with one attached hydrogen (secondary N) is 1. The minimum atomic E-state index is -0.204. The van der Waals surface area contributed by atoms with Crippen molar-refractivity contribution < 1.29 is 4.79 Å². The topological polar surface area (TPSA) is 58.4 Å². The summed E-state index contributed by atoms with van der Waals surface area (Å²) in [4.78, 5) is 13.9. The summed E-state index contributed by atoms with van der Waals surface area (Å²) in [7, 11) is 0. The fraction of sp³-hybridized carbons (Fsp3) is 0.933. The van der Waals surface area contributed by atoms with Gasteiger partial charge in [-0.25, -0.2) is 0 Å².